The van der Waals surface area contributed by atoms with Crippen LogP contribution in [0.4, 0.5) is 5.69 Å². The van der Waals surface area contributed by atoms with Crippen molar-refractivity contribution in [3.63, 3.8) is 0 Å². The van der Waals surface area contributed by atoms with Crippen LogP contribution in [0.15, 0.2) is 54.6 Å². The lowest BCUT2D eigenvalue weighted by Crippen LogP contribution is -2.35. The quantitative estimate of drug-likeness (QED) is 0.635. The van der Waals surface area contributed by atoms with E-state index in [0.29, 0.717) is 11.4 Å². The first-order valence-corrected chi connectivity index (χ1v) is 8.42. The Morgan fingerprint density at radius 3 is 2.32 bits per heavy atom. The van der Waals surface area contributed by atoms with Gasteiger partial charge in [0.2, 0.25) is 0 Å². The Kier molecular flexibility index (Phi) is 8.02. The van der Waals surface area contributed by atoms with Gasteiger partial charge in [0.25, 0.3) is 11.8 Å². The molecule has 0 aliphatic heterocycles. The molecule has 0 bridgehead atoms. The van der Waals surface area contributed by atoms with Crippen molar-refractivity contribution in [2.24, 2.45) is 0 Å². The maximum absolute atomic E-state index is 11.8. The van der Waals surface area contributed by atoms with Crippen LogP contribution in [0.2, 0.25) is 0 Å². The van der Waals surface area contributed by atoms with Crippen molar-refractivity contribution < 1.29 is 23.9 Å². The molecule has 0 heterocycles. The number of para-hydroxylation sites is 1. The first-order chi connectivity index (χ1) is 13.6. The number of hydrogen-bond acceptors (Lipinski definition) is 6. The summed E-state index contributed by atoms with van der Waals surface area (Å²) in [7, 11) is 0. The Hall–Kier alpha value is -3.86. The van der Waals surface area contributed by atoms with Crippen molar-refractivity contribution in [2.75, 3.05) is 25.1 Å². The molecule has 0 aromatic heterocycles. The number of hydrogen-bond donors (Lipinski definition) is 2. The highest BCUT2D eigenvalue weighted by Gasteiger charge is 2.10. The molecule has 8 nitrogen and oxygen atoms in total. The van der Waals surface area contributed by atoms with E-state index in [4.69, 9.17) is 14.7 Å². The monoisotopic (exact) mass is 381 g/mol. The molecule has 8 heteroatoms. The number of nitriles is 1. The third-order valence-electron chi connectivity index (χ3n) is 3.43. The van der Waals surface area contributed by atoms with Gasteiger partial charge >= 0.3 is 5.97 Å². The average Bonchev–Trinajstić information content (AvgIpc) is 2.71. The summed E-state index contributed by atoms with van der Waals surface area (Å²) in [5.74, 6) is -1.20. The summed E-state index contributed by atoms with van der Waals surface area (Å²) in [5.41, 5.74) is 1.35. The third-order valence-corrected chi connectivity index (χ3v) is 3.43. The predicted octanol–water partition coefficient (Wildman–Crippen LogP) is 1.43. The highest BCUT2D eigenvalue weighted by atomic mass is 16.5. The molecule has 0 fully saturated rings. The van der Waals surface area contributed by atoms with E-state index in [-0.39, 0.29) is 19.6 Å². The minimum Gasteiger partial charge on any atom is -0.484 e. The van der Waals surface area contributed by atoms with E-state index >= 15 is 0 Å². The van der Waals surface area contributed by atoms with E-state index in [1.165, 1.54) is 0 Å². The van der Waals surface area contributed by atoms with Crippen LogP contribution in [0.3, 0.4) is 0 Å². The van der Waals surface area contributed by atoms with Gasteiger partial charge in [0.1, 0.15) is 12.3 Å². The van der Waals surface area contributed by atoms with Crippen molar-refractivity contribution in [3.8, 4) is 11.8 Å². The minimum atomic E-state index is -0.743. The molecular formula is C20H19N3O5. The molecule has 0 spiro atoms. The average molecular weight is 381 g/mol. The first kappa shape index (κ1) is 20.5. The predicted molar refractivity (Wildman–Crippen MR) is 100 cm³/mol. The van der Waals surface area contributed by atoms with Crippen molar-refractivity contribution in [1.82, 2.24) is 5.32 Å². The summed E-state index contributed by atoms with van der Waals surface area (Å²) in [6.45, 7) is -1.08. The van der Waals surface area contributed by atoms with Gasteiger partial charge in [-0.15, -0.1) is 0 Å². The lowest BCUT2D eigenvalue weighted by atomic mass is 10.1. The molecular weight excluding hydrogens is 362 g/mol. The van der Waals surface area contributed by atoms with Gasteiger partial charge in [-0.05, 0) is 29.8 Å². The minimum absolute atomic E-state index is 0.237. The molecule has 0 aliphatic carbocycles. The fraction of sp³-hybridized carbons (Fsp3) is 0.200. The number of esters is 1. The molecule has 144 valence electrons. The van der Waals surface area contributed by atoms with E-state index in [1.807, 2.05) is 12.1 Å². The number of ether oxygens (including phenoxy) is 2. The van der Waals surface area contributed by atoms with Crippen molar-refractivity contribution in [3.05, 3.63) is 60.2 Å². The molecule has 0 unspecified atom stereocenters. The Balaban J connectivity index is 1.62. The SMILES string of the molecule is N#CCc1ccc(NC(=O)COC(=O)CNC(=O)COc2ccccc2)cc1. The van der Waals surface area contributed by atoms with Gasteiger partial charge in [-0.2, -0.15) is 5.26 Å². The molecule has 0 saturated heterocycles. The van der Waals surface area contributed by atoms with Crippen LogP contribution < -0.4 is 15.4 Å². The van der Waals surface area contributed by atoms with Gasteiger partial charge in [0.05, 0.1) is 12.5 Å². The molecule has 2 amide bonds. The standard InChI is InChI=1S/C20H19N3O5/c21-11-10-15-6-8-16(9-7-15)23-19(25)14-28-20(26)12-22-18(24)13-27-17-4-2-1-3-5-17/h1-9H,10,12-14H2,(H,22,24)(H,23,25). The summed E-state index contributed by atoms with van der Waals surface area (Å²) >= 11 is 0. The second kappa shape index (κ2) is 11.0. The number of amides is 2. The number of carbonyl (C=O) groups excluding carboxylic acids is 3. The maximum atomic E-state index is 11.8. The molecule has 0 atom stereocenters. The zero-order chi connectivity index (χ0) is 20.2. The van der Waals surface area contributed by atoms with E-state index in [0.717, 1.165) is 5.56 Å². The van der Waals surface area contributed by atoms with Gasteiger partial charge in [-0.25, -0.2) is 0 Å². The number of rotatable bonds is 9. The lowest BCUT2D eigenvalue weighted by Gasteiger charge is -2.08. The number of nitrogens with zero attached hydrogens (tertiary/aromatic N) is 1. The molecule has 2 rings (SSSR count). The van der Waals surface area contributed by atoms with Crippen molar-refractivity contribution in [2.45, 2.75) is 6.42 Å². The summed E-state index contributed by atoms with van der Waals surface area (Å²) in [4.78, 5) is 35.0. The normalized spacial score (nSPS) is 9.68. The Labute approximate surface area is 162 Å². The summed E-state index contributed by atoms with van der Waals surface area (Å²) < 4.78 is 10.0. The van der Waals surface area contributed by atoms with Crippen molar-refractivity contribution >= 4 is 23.5 Å². The fourth-order valence-electron chi connectivity index (χ4n) is 2.08. The molecule has 0 aliphatic rings. The Morgan fingerprint density at radius 2 is 1.64 bits per heavy atom. The second-order valence-electron chi connectivity index (χ2n) is 5.62. The van der Waals surface area contributed by atoms with E-state index in [1.54, 1.807) is 48.5 Å². The zero-order valence-electron chi connectivity index (χ0n) is 15.0. The van der Waals surface area contributed by atoms with Crippen LogP contribution in [0.5, 0.6) is 5.75 Å². The van der Waals surface area contributed by atoms with Gasteiger partial charge in [0.15, 0.2) is 13.2 Å². The summed E-state index contributed by atoms with van der Waals surface area (Å²) in [5, 5.41) is 13.5. The number of carbonyl (C=O) groups is 3. The molecule has 28 heavy (non-hydrogen) atoms. The highest BCUT2D eigenvalue weighted by molar-refractivity contribution is 5.93. The van der Waals surface area contributed by atoms with Crippen LogP contribution in [-0.2, 0) is 25.5 Å². The lowest BCUT2D eigenvalue weighted by molar-refractivity contribution is -0.147. The van der Waals surface area contributed by atoms with Crippen LogP contribution in [0, 0.1) is 11.3 Å². The topological polar surface area (TPSA) is 118 Å². The van der Waals surface area contributed by atoms with E-state index in [2.05, 4.69) is 10.6 Å². The van der Waals surface area contributed by atoms with Crippen LogP contribution in [-0.4, -0.2) is 37.5 Å². The molecule has 0 saturated carbocycles. The Bertz CT molecular complexity index is 844. The largest absolute Gasteiger partial charge is 0.484 e. The highest BCUT2D eigenvalue weighted by Crippen LogP contribution is 2.10. The summed E-state index contributed by atoms with van der Waals surface area (Å²) in [6.07, 6.45) is 0.286. The van der Waals surface area contributed by atoms with Gasteiger partial charge in [0, 0.05) is 5.69 Å². The van der Waals surface area contributed by atoms with Crippen LogP contribution in [0.1, 0.15) is 5.56 Å². The molecule has 2 aromatic carbocycles. The number of anilines is 1. The summed E-state index contributed by atoms with van der Waals surface area (Å²) in [6, 6.07) is 17.6. The van der Waals surface area contributed by atoms with Gasteiger partial charge in [-0.1, -0.05) is 30.3 Å². The molecule has 2 aromatic rings. The third kappa shape index (κ3) is 7.58. The second-order valence-corrected chi connectivity index (χ2v) is 5.62. The van der Waals surface area contributed by atoms with E-state index in [9.17, 15) is 14.4 Å². The smallest absolute Gasteiger partial charge is 0.325 e. The maximum Gasteiger partial charge on any atom is 0.325 e. The Morgan fingerprint density at radius 1 is 0.929 bits per heavy atom. The van der Waals surface area contributed by atoms with Gasteiger partial charge < -0.3 is 20.1 Å². The van der Waals surface area contributed by atoms with E-state index < -0.39 is 24.4 Å². The number of benzene rings is 2. The first-order valence-electron chi connectivity index (χ1n) is 8.42. The molecule has 0 radical (unpaired) electrons. The van der Waals surface area contributed by atoms with Gasteiger partial charge in [-0.3, -0.25) is 14.4 Å². The van der Waals surface area contributed by atoms with Crippen LogP contribution in [0.25, 0.3) is 0 Å². The van der Waals surface area contributed by atoms with Crippen LogP contribution >= 0.6 is 0 Å². The molecule has 2 N–H and O–H groups in total. The number of nitrogens with one attached hydrogen (secondary N) is 2. The fourth-order valence-corrected chi connectivity index (χ4v) is 2.08. The zero-order valence-corrected chi connectivity index (χ0v) is 15.0. The van der Waals surface area contributed by atoms with Crippen molar-refractivity contribution in [1.29, 1.82) is 5.26 Å².